The molecule has 0 spiro atoms. The first kappa shape index (κ1) is 52.3. The van der Waals surface area contributed by atoms with Crippen molar-refractivity contribution in [3.8, 4) is 23.0 Å². The van der Waals surface area contributed by atoms with Gasteiger partial charge in [0.1, 0.15) is 23.0 Å². The highest BCUT2D eigenvalue weighted by atomic mass is 32.2. The molecule has 2 aliphatic heterocycles. The number of sulfonamides is 1. The highest BCUT2D eigenvalue weighted by molar-refractivity contribution is 7.89. The number of fused-ring (bicyclic) bond motifs is 2. The number of unbranched alkanes of at least 4 members (excludes halogenated alkanes) is 2. The number of oxime groups is 1. The number of carbonyl (C=O) groups excluding carboxylic acids is 2. The van der Waals surface area contributed by atoms with Crippen molar-refractivity contribution in [2.24, 2.45) is 22.9 Å². The lowest BCUT2D eigenvalue weighted by atomic mass is 9.55. The van der Waals surface area contributed by atoms with E-state index in [2.05, 4.69) is 23.3 Å². The van der Waals surface area contributed by atoms with Crippen molar-refractivity contribution in [3.05, 3.63) is 90.5 Å². The Labute approximate surface area is 411 Å². The Morgan fingerprint density at radius 2 is 1.71 bits per heavy atom. The Morgan fingerprint density at radius 1 is 0.957 bits per heavy atom. The van der Waals surface area contributed by atoms with Crippen LogP contribution in [0.5, 0.6) is 23.0 Å². The van der Waals surface area contributed by atoms with Crippen molar-refractivity contribution in [1.29, 1.82) is 0 Å². The van der Waals surface area contributed by atoms with Gasteiger partial charge >= 0.3 is 6.09 Å². The lowest BCUT2D eigenvalue weighted by molar-refractivity contribution is -0.251. The Morgan fingerprint density at radius 3 is 2.39 bits per heavy atom. The van der Waals surface area contributed by atoms with Gasteiger partial charge in [-0.2, -0.15) is 4.31 Å². The molecule has 7 rings (SSSR count). The number of amides is 2. The average molecular weight is 989 g/mol. The molecule has 2 amide bonds. The van der Waals surface area contributed by atoms with E-state index in [1.807, 2.05) is 6.92 Å². The van der Waals surface area contributed by atoms with E-state index in [-0.39, 0.29) is 61.2 Å². The number of hydrogen-bond acceptors (Lipinski definition) is 14. The van der Waals surface area contributed by atoms with Crippen molar-refractivity contribution in [2.45, 2.75) is 113 Å². The van der Waals surface area contributed by atoms with Gasteiger partial charge in [-0.3, -0.25) is 10.1 Å². The van der Waals surface area contributed by atoms with Crippen molar-refractivity contribution in [1.82, 2.24) is 4.31 Å². The number of anilines is 2. The third kappa shape index (κ3) is 11.6. The lowest BCUT2D eigenvalue weighted by Gasteiger charge is -2.59. The molecule has 1 saturated carbocycles. The second kappa shape index (κ2) is 24.1. The molecule has 2 heterocycles. The smallest absolute Gasteiger partial charge is 0.417 e. The van der Waals surface area contributed by atoms with Gasteiger partial charge in [0.15, 0.2) is 0 Å². The van der Waals surface area contributed by atoms with E-state index in [9.17, 15) is 19.8 Å². The topological polar surface area (TPSA) is 213 Å². The van der Waals surface area contributed by atoms with Gasteiger partial charge < -0.3 is 48.8 Å². The van der Waals surface area contributed by atoms with E-state index in [0.29, 0.717) is 85.9 Å². The molecule has 7 unspecified atom stereocenters. The molecule has 1 saturated heterocycles. The number of rotatable bonds is 23. The van der Waals surface area contributed by atoms with Crippen LogP contribution in [0.3, 0.4) is 0 Å². The van der Waals surface area contributed by atoms with Gasteiger partial charge in [0.25, 0.3) is 0 Å². The minimum absolute atomic E-state index is 0.00204. The zero-order valence-corrected chi connectivity index (χ0v) is 41.4. The average Bonchev–Trinajstić information content (AvgIpc) is 3.36. The molecule has 7 atom stereocenters. The van der Waals surface area contributed by atoms with Crippen LogP contribution >= 0.6 is 0 Å². The number of carbonyl (C=O) groups is 2. The Kier molecular flexibility index (Phi) is 18.0. The third-order valence-corrected chi connectivity index (χ3v) is 15.4. The van der Waals surface area contributed by atoms with Gasteiger partial charge in [0.05, 0.1) is 55.7 Å². The molecule has 17 nitrogen and oxygen atoms in total. The van der Waals surface area contributed by atoms with Gasteiger partial charge in [-0.1, -0.05) is 37.1 Å². The first-order chi connectivity index (χ1) is 33.9. The van der Waals surface area contributed by atoms with Crippen molar-refractivity contribution in [2.75, 3.05) is 57.8 Å². The number of methoxy groups -OCH3 is 2. The minimum atomic E-state index is -4.33. The van der Waals surface area contributed by atoms with Crippen LogP contribution in [-0.2, 0) is 29.1 Å². The number of hydrogen-bond donors (Lipinski definition) is 4. The molecule has 380 valence electrons. The second-order valence-corrected chi connectivity index (χ2v) is 20.0. The SMILES string of the molecule is C=CCOC12Oc3ccc(OC(=O)Nc4ccc(OC)cc4OC)cc3C3C(CCCCO)C(CCCCO)C=C(C(=NOC4CCCCO4)CC1N(CCC)S(=O)(=O)c1ccc(NC(C)=O)cc1)C32. The van der Waals surface area contributed by atoms with Crippen LogP contribution in [-0.4, -0.2) is 106 Å². The molecule has 18 heteroatoms. The van der Waals surface area contributed by atoms with Crippen LogP contribution in [0.15, 0.2) is 95.0 Å². The minimum Gasteiger partial charge on any atom is -0.497 e. The Hall–Kier alpha value is -5.50. The molecule has 4 aliphatic rings. The van der Waals surface area contributed by atoms with Gasteiger partial charge in [0, 0.05) is 62.8 Å². The molecule has 0 aromatic heterocycles. The summed E-state index contributed by atoms with van der Waals surface area (Å²) in [5.41, 5.74) is 2.84. The van der Waals surface area contributed by atoms with E-state index in [4.69, 9.17) is 38.4 Å². The van der Waals surface area contributed by atoms with Gasteiger partial charge in [-0.25, -0.2) is 13.2 Å². The van der Waals surface area contributed by atoms with Crippen LogP contribution < -0.4 is 29.6 Å². The summed E-state index contributed by atoms with van der Waals surface area (Å²) in [7, 11) is -1.31. The molecule has 2 fully saturated rings. The number of ether oxygens (including phenoxy) is 6. The standard InChI is InChI=1S/C52H68N4O13S/c1-6-25-56(70(61,62)39-21-17-36(18-22-39)53-34(3)59)47-33-44(55-69-48-16-10-13-29-65-48)41-30-35(14-8-11-26-57)40(15-9-12-27-58)49-42-31-38(20-24-45(42)68-52(47,50(41)49)66-28-7-2)67-51(60)54-43-23-19-37(63-4)32-46(43)64-5/h7,17-24,30-32,35,40,47-50,57-58H,2,6,8-16,25-29,33H2,1,3-5H3,(H,53,59)(H,54,60). The first-order valence-corrected chi connectivity index (χ1v) is 25.8. The molecule has 4 N–H and O–H groups in total. The highest BCUT2D eigenvalue weighted by Gasteiger charge is 2.66. The zero-order chi connectivity index (χ0) is 49.8. The van der Waals surface area contributed by atoms with E-state index >= 15 is 8.42 Å². The Bertz CT molecular complexity index is 2460. The molecule has 70 heavy (non-hydrogen) atoms. The second-order valence-electron chi connectivity index (χ2n) is 18.1. The van der Waals surface area contributed by atoms with Crippen molar-refractivity contribution in [3.63, 3.8) is 0 Å². The summed E-state index contributed by atoms with van der Waals surface area (Å²) < 4.78 is 69.3. The number of aliphatic hydroxyl groups excluding tert-OH is 2. The predicted molar refractivity (Wildman–Crippen MR) is 264 cm³/mol. The first-order valence-electron chi connectivity index (χ1n) is 24.4. The quantitative estimate of drug-likeness (QED) is 0.0399. The van der Waals surface area contributed by atoms with Gasteiger partial charge in [0.2, 0.25) is 28.0 Å². The number of nitrogens with one attached hydrogen (secondary N) is 2. The van der Waals surface area contributed by atoms with Crippen LogP contribution in [0.2, 0.25) is 0 Å². The molecule has 2 aliphatic carbocycles. The fourth-order valence-electron chi connectivity index (χ4n) is 10.5. The number of benzene rings is 3. The lowest BCUT2D eigenvalue weighted by Crippen LogP contribution is -2.70. The van der Waals surface area contributed by atoms with E-state index in [0.717, 1.165) is 30.4 Å². The normalized spacial score (nSPS) is 24.3. The number of nitrogens with zero attached hydrogens (tertiary/aromatic N) is 2. The fraction of sp³-hybridized carbons (Fsp3) is 0.519. The molecule has 0 radical (unpaired) electrons. The number of allylic oxidation sites excluding steroid dienone is 1. The van der Waals surface area contributed by atoms with E-state index in [1.165, 1.54) is 37.6 Å². The maximum Gasteiger partial charge on any atom is 0.417 e. The maximum atomic E-state index is 15.3. The molecule has 0 bridgehead atoms. The summed E-state index contributed by atoms with van der Waals surface area (Å²) >= 11 is 0. The summed E-state index contributed by atoms with van der Waals surface area (Å²) in [5.74, 6) is -1.81. The van der Waals surface area contributed by atoms with Crippen LogP contribution in [0, 0.1) is 17.8 Å². The summed E-state index contributed by atoms with van der Waals surface area (Å²) in [6.07, 6.45) is 9.31. The summed E-state index contributed by atoms with van der Waals surface area (Å²) in [6, 6.07) is 15.2. The largest absolute Gasteiger partial charge is 0.497 e. The maximum absolute atomic E-state index is 15.3. The van der Waals surface area contributed by atoms with E-state index < -0.39 is 46.1 Å². The highest BCUT2D eigenvalue weighted by Crippen LogP contribution is 2.62. The van der Waals surface area contributed by atoms with E-state index in [1.54, 1.807) is 54.6 Å². The summed E-state index contributed by atoms with van der Waals surface area (Å²) in [5, 5.41) is 30.4. The van der Waals surface area contributed by atoms with Gasteiger partial charge in [-0.05, 0) is 117 Å². The predicted octanol–water partition coefficient (Wildman–Crippen LogP) is 8.53. The summed E-state index contributed by atoms with van der Waals surface area (Å²) in [6.45, 7) is 7.93. The monoisotopic (exact) mass is 988 g/mol. The zero-order valence-electron chi connectivity index (χ0n) is 40.6. The van der Waals surface area contributed by atoms with Crippen LogP contribution in [0.4, 0.5) is 16.2 Å². The third-order valence-electron chi connectivity index (χ3n) is 13.5. The van der Waals surface area contributed by atoms with Crippen LogP contribution in [0.1, 0.15) is 96.0 Å². The van der Waals surface area contributed by atoms with Crippen LogP contribution in [0.25, 0.3) is 0 Å². The molecular weight excluding hydrogens is 921 g/mol. The summed E-state index contributed by atoms with van der Waals surface area (Å²) in [4.78, 5) is 31.8. The Balaban J connectivity index is 1.42. The molecular formula is C52H68N4O13S. The fourth-order valence-corrected chi connectivity index (χ4v) is 12.2. The van der Waals surface area contributed by atoms with Crippen molar-refractivity contribution < 1.29 is 61.5 Å². The molecule has 3 aromatic rings. The number of aliphatic hydroxyl groups is 2. The molecule has 3 aromatic carbocycles. The van der Waals surface area contributed by atoms with Gasteiger partial charge in [-0.15, -0.1) is 6.58 Å². The van der Waals surface area contributed by atoms with Crippen molar-refractivity contribution >= 4 is 39.1 Å².